The molecular weight excluding hydrogens is 724 g/mol. The van der Waals surface area contributed by atoms with E-state index in [1.54, 1.807) is 27.7 Å². The molecule has 0 aromatic carbocycles. The van der Waals surface area contributed by atoms with Crippen LogP contribution in [0.3, 0.4) is 0 Å². The van der Waals surface area contributed by atoms with E-state index in [0.29, 0.717) is 6.42 Å². The molecule has 0 aromatic rings. The van der Waals surface area contributed by atoms with E-state index in [9.17, 15) is 38.7 Å². The van der Waals surface area contributed by atoms with Gasteiger partial charge in [-0.1, -0.05) is 27.7 Å². The van der Waals surface area contributed by atoms with Crippen molar-refractivity contribution in [1.29, 1.82) is 0 Å². The highest BCUT2D eigenvalue weighted by atomic mass is 16.5. The Morgan fingerprint density at radius 3 is 1.40 bits per heavy atom. The van der Waals surface area contributed by atoms with Crippen LogP contribution in [0, 0.1) is 11.8 Å². The molecule has 6 atom stereocenters. The number of guanidine groups is 2. The third kappa shape index (κ3) is 21.9. The number of nitrogens with one attached hydrogen (secondary N) is 5. The third-order valence-corrected chi connectivity index (χ3v) is 7.83. The lowest BCUT2D eigenvalue weighted by Gasteiger charge is -2.27. The van der Waals surface area contributed by atoms with Gasteiger partial charge in [0.05, 0.1) is 19.8 Å². The van der Waals surface area contributed by atoms with Gasteiger partial charge in [-0.25, -0.2) is 4.79 Å². The number of carboxylic acid groups (broad SMARTS) is 1. The Bertz CT molecular complexity index is 1340. The van der Waals surface area contributed by atoms with Gasteiger partial charge in [0, 0.05) is 19.5 Å². The van der Waals surface area contributed by atoms with Crippen LogP contribution in [0.15, 0.2) is 9.98 Å². The highest BCUT2D eigenvalue weighted by Crippen LogP contribution is 2.10. The van der Waals surface area contributed by atoms with E-state index in [0.717, 1.165) is 7.11 Å². The van der Waals surface area contributed by atoms with Crippen LogP contribution >= 0.6 is 0 Å². The Morgan fingerprint density at radius 2 is 0.982 bits per heavy atom. The molecule has 0 rings (SSSR count). The summed E-state index contributed by atoms with van der Waals surface area (Å²) in [6, 6.07) is -7.62. The van der Waals surface area contributed by atoms with Gasteiger partial charge >= 0.3 is 11.9 Å². The van der Waals surface area contributed by atoms with Gasteiger partial charge in [-0.15, -0.1) is 0 Å². The topological polar surface area (TPSA) is 384 Å². The average molecular weight is 787 g/mol. The zero-order chi connectivity index (χ0) is 42.2. The van der Waals surface area contributed by atoms with E-state index >= 15 is 0 Å². The molecule has 22 heteroatoms. The summed E-state index contributed by atoms with van der Waals surface area (Å²) in [4.78, 5) is 97.7. The first-order valence-electron chi connectivity index (χ1n) is 18.0. The molecule has 0 radical (unpaired) electrons. The maximum absolute atomic E-state index is 13.7. The SMILES string of the molecule is COC(=O)[C@H](CCCN=C(N)N)NC(=O)[C@H](CC(C)C)NC(=O)[C@H](CCCN=C(N)N)NC(=O)[C@H](CO)NC(=O)[C@H](CC(C)C)NC(=O)[C@@H](N)CCC(=O)O. The zero-order valence-electron chi connectivity index (χ0n) is 32.3. The highest BCUT2D eigenvalue weighted by Gasteiger charge is 2.33. The second-order valence-corrected chi connectivity index (χ2v) is 13.7. The molecule has 0 spiro atoms. The number of hydrogen-bond donors (Lipinski definition) is 12. The number of nitrogens with zero attached hydrogens (tertiary/aromatic N) is 2. The van der Waals surface area contributed by atoms with Gasteiger partial charge in [0.2, 0.25) is 29.5 Å². The van der Waals surface area contributed by atoms with Crippen LogP contribution in [0.2, 0.25) is 0 Å². The number of aliphatic imine (C=N–C) groups is 2. The Kier molecular flexibility index (Phi) is 24.0. The predicted molar refractivity (Wildman–Crippen MR) is 202 cm³/mol. The van der Waals surface area contributed by atoms with Crippen LogP contribution in [0.4, 0.5) is 0 Å². The monoisotopic (exact) mass is 786 g/mol. The van der Waals surface area contributed by atoms with Gasteiger partial charge in [0.1, 0.15) is 30.2 Å². The Labute approximate surface area is 320 Å². The van der Waals surface area contributed by atoms with E-state index in [-0.39, 0.29) is 81.8 Å². The van der Waals surface area contributed by atoms with Crippen LogP contribution in [-0.4, -0.2) is 127 Å². The van der Waals surface area contributed by atoms with Crippen molar-refractivity contribution < 1.29 is 48.5 Å². The molecule has 0 aliphatic carbocycles. The van der Waals surface area contributed by atoms with Gasteiger partial charge in [0.25, 0.3) is 0 Å². The molecule has 0 saturated carbocycles. The number of hydrogen-bond acceptors (Lipinski definition) is 12. The summed E-state index contributed by atoms with van der Waals surface area (Å²) in [5.41, 5.74) is 27.3. The largest absolute Gasteiger partial charge is 0.481 e. The molecule has 0 unspecified atom stereocenters. The molecule has 0 aliphatic heterocycles. The molecule has 314 valence electrons. The molecule has 55 heavy (non-hydrogen) atoms. The van der Waals surface area contributed by atoms with Crippen molar-refractivity contribution in [2.45, 2.75) is 115 Å². The van der Waals surface area contributed by atoms with Crippen molar-refractivity contribution in [3.63, 3.8) is 0 Å². The van der Waals surface area contributed by atoms with E-state index in [1.807, 2.05) is 0 Å². The number of esters is 1. The van der Waals surface area contributed by atoms with Crippen LogP contribution in [-0.2, 0) is 38.3 Å². The van der Waals surface area contributed by atoms with Gasteiger partial charge < -0.3 is 70.2 Å². The maximum atomic E-state index is 13.7. The average Bonchev–Trinajstić information content (AvgIpc) is 3.09. The van der Waals surface area contributed by atoms with Crippen LogP contribution in [0.1, 0.15) is 79.1 Å². The molecule has 0 fully saturated rings. The predicted octanol–water partition coefficient (Wildman–Crippen LogP) is -4.03. The minimum atomic E-state index is -1.60. The molecule has 0 aromatic heterocycles. The second-order valence-electron chi connectivity index (χ2n) is 13.7. The lowest BCUT2D eigenvalue weighted by Crippen LogP contribution is -2.60. The summed E-state index contributed by atoms with van der Waals surface area (Å²) >= 11 is 0. The fourth-order valence-corrected chi connectivity index (χ4v) is 5.05. The summed E-state index contributed by atoms with van der Waals surface area (Å²) in [7, 11) is 1.16. The van der Waals surface area contributed by atoms with Crippen LogP contribution < -0.4 is 55.3 Å². The number of carbonyl (C=O) groups excluding carboxylic acids is 6. The molecule has 17 N–H and O–H groups in total. The van der Waals surface area contributed by atoms with E-state index < -0.39 is 84.3 Å². The normalized spacial score (nSPS) is 14.2. The molecular formula is C33H62N12O10. The van der Waals surface area contributed by atoms with E-state index in [2.05, 4.69) is 36.6 Å². The Morgan fingerprint density at radius 1 is 0.600 bits per heavy atom. The summed E-state index contributed by atoms with van der Waals surface area (Å²) in [5, 5.41) is 31.6. The molecule has 0 saturated heterocycles. The number of carboxylic acids is 1. The lowest BCUT2D eigenvalue weighted by molar-refractivity contribution is -0.145. The van der Waals surface area contributed by atoms with E-state index in [1.165, 1.54) is 0 Å². The van der Waals surface area contributed by atoms with Crippen LogP contribution in [0.25, 0.3) is 0 Å². The van der Waals surface area contributed by atoms with E-state index in [4.69, 9.17) is 38.5 Å². The quantitative estimate of drug-likeness (QED) is 0.0163. The fraction of sp³-hybridized carbons (Fsp3) is 0.727. The van der Waals surface area contributed by atoms with Gasteiger partial charge in [-0.2, -0.15) is 0 Å². The zero-order valence-corrected chi connectivity index (χ0v) is 32.3. The first kappa shape index (κ1) is 49.8. The van der Waals surface area contributed by atoms with Gasteiger partial charge in [-0.3, -0.25) is 38.8 Å². The van der Waals surface area contributed by atoms with Crippen molar-refractivity contribution in [2.24, 2.45) is 50.5 Å². The minimum absolute atomic E-state index is 0.0493. The Hall–Kier alpha value is -5.25. The van der Waals surface area contributed by atoms with Crippen molar-refractivity contribution in [3.05, 3.63) is 0 Å². The molecule has 0 bridgehead atoms. The van der Waals surface area contributed by atoms with Crippen molar-refractivity contribution in [1.82, 2.24) is 26.6 Å². The van der Waals surface area contributed by atoms with Crippen molar-refractivity contribution >= 4 is 53.4 Å². The summed E-state index contributed by atoms with van der Waals surface area (Å²) in [6.07, 6.45) is 0.243. The lowest BCUT2D eigenvalue weighted by atomic mass is 10.0. The number of aliphatic carboxylic acids is 1. The first-order chi connectivity index (χ1) is 25.7. The first-order valence-corrected chi connectivity index (χ1v) is 18.0. The number of rotatable bonds is 27. The second kappa shape index (κ2) is 26.5. The van der Waals surface area contributed by atoms with Crippen molar-refractivity contribution in [2.75, 3.05) is 26.8 Å². The molecule has 0 heterocycles. The number of carbonyl (C=O) groups is 7. The van der Waals surface area contributed by atoms with Gasteiger partial charge in [-0.05, 0) is 56.8 Å². The number of ether oxygens (including phenoxy) is 1. The summed E-state index contributed by atoms with van der Waals surface area (Å²) in [6.45, 7) is 6.51. The number of amides is 5. The number of methoxy groups -OCH3 is 1. The minimum Gasteiger partial charge on any atom is -0.481 e. The number of nitrogens with two attached hydrogens (primary N) is 5. The van der Waals surface area contributed by atoms with Gasteiger partial charge in [0.15, 0.2) is 11.9 Å². The number of aliphatic hydroxyl groups is 1. The number of aliphatic hydroxyl groups excluding tert-OH is 1. The van der Waals surface area contributed by atoms with Crippen LogP contribution in [0.5, 0.6) is 0 Å². The summed E-state index contributed by atoms with van der Waals surface area (Å²) in [5.74, 6) is -6.58. The smallest absolute Gasteiger partial charge is 0.328 e. The Balaban J connectivity index is 6.16. The third-order valence-electron chi connectivity index (χ3n) is 7.83. The summed E-state index contributed by atoms with van der Waals surface area (Å²) < 4.78 is 4.83. The highest BCUT2D eigenvalue weighted by molar-refractivity contribution is 5.96. The molecule has 22 nitrogen and oxygen atoms in total. The fourth-order valence-electron chi connectivity index (χ4n) is 5.05. The molecule has 0 aliphatic rings. The maximum Gasteiger partial charge on any atom is 0.328 e. The van der Waals surface area contributed by atoms with Crippen molar-refractivity contribution in [3.8, 4) is 0 Å². The standard InChI is InChI=1S/C33H62N12O10/c1-17(2)14-22(43-26(49)19(34)10-11-25(47)48)29(52)45-24(16-46)30(53)41-20(8-6-12-39-32(35)36)27(50)44-23(15-18(3)4)28(51)42-21(31(54)55-5)9-7-13-40-33(37)38/h17-24,46H,6-16,34H2,1-5H3,(H,41,53)(H,42,51)(H,43,49)(H,44,50)(H,45,52)(H,47,48)(H4,35,36,39)(H4,37,38,40)/t19-,20-,21-,22-,23-,24-/m0/s1. The molecule has 5 amide bonds.